The van der Waals surface area contributed by atoms with Gasteiger partial charge in [0.1, 0.15) is 6.04 Å². The van der Waals surface area contributed by atoms with Gasteiger partial charge in [0, 0.05) is 24.7 Å². The third-order valence-electron chi connectivity index (χ3n) is 3.90. The minimum Gasteiger partial charge on any atom is -0.480 e. The number of carboxylic acid groups (broad SMARTS) is 1. The van der Waals surface area contributed by atoms with Crippen molar-refractivity contribution in [1.82, 2.24) is 9.88 Å². The van der Waals surface area contributed by atoms with Gasteiger partial charge in [-0.3, -0.25) is 14.7 Å². The zero-order valence-corrected chi connectivity index (χ0v) is 11.9. The number of carboxylic acids is 1. The summed E-state index contributed by atoms with van der Waals surface area (Å²) in [5.41, 5.74) is 2.04. The Balaban J connectivity index is 1.84. The minimum absolute atomic E-state index is 0.293. The highest BCUT2D eigenvalue weighted by Gasteiger charge is 2.34. The fraction of sp³-hybridized carbons (Fsp3) is 0.375. The maximum atomic E-state index is 11.4. The molecule has 3 rings (SSSR count). The molecule has 0 bridgehead atoms. The smallest absolute Gasteiger partial charge is 0.323 e. The lowest BCUT2D eigenvalue weighted by atomic mass is 10.1. The second-order valence-electron chi connectivity index (χ2n) is 5.36. The summed E-state index contributed by atoms with van der Waals surface area (Å²) in [7, 11) is 0. The van der Waals surface area contributed by atoms with Crippen LogP contribution < -0.4 is 0 Å². The molecule has 1 aromatic carbocycles. The number of morpholine rings is 1. The van der Waals surface area contributed by atoms with E-state index in [1.807, 2.05) is 36.1 Å². The Hall–Kier alpha value is -1.98. The van der Waals surface area contributed by atoms with Crippen LogP contribution in [-0.4, -0.2) is 46.3 Å². The Bertz CT molecular complexity index is 659. The van der Waals surface area contributed by atoms with Gasteiger partial charge in [0.25, 0.3) is 0 Å². The van der Waals surface area contributed by atoms with E-state index in [9.17, 15) is 9.90 Å². The van der Waals surface area contributed by atoms with Crippen LogP contribution in [0.2, 0.25) is 0 Å². The van der Waals surface area contributed by atoms with Crippen LogP contribution >= 0.6 is 0 Å². The Labute approximate surface area is 123 Å². The first-order valence-corrected chi connectivity index (χ1v) is 7.07. The van der Waals surface area contributed by atoms with Gasteiger partial charge >= 0.3 is 5.97 Å². The molecule has 0 saturated carbocycles. The van der Waals surface area contributed by atoms with Gasteiger partial charge in [-0.2, -0.15) is 0 Å². The average molecular weight is 286 g/mol. The van der Waals surface area contributed by atoms with Crippen molar-refractivity contribution in [2.75, 3.05) is 13.2 Å². The van der Waals surface area contributed by atoms with Gasteiger partial charge in [-0.15, -0.1) is 0 Å². The molecule has 1 saturated heterocycles. The number of aromatic nitrogens is 1. The van der Waals surface area contributed by atoms with Gasteiger partial charge in [0.15, 0.2) is 0 Å². The van der Waals surface area contributed by atoms with Crippen LogP contribution in [0.5, 0.6) is 0 Å². The first-order chi connectivity index (χ1) is 10.1. The van der Waals surface area contributed by atoms with Crippen molar-refractivity contribution in [2.45, 2.75) is 25.6 Å². The number of aliphatic carboxylic acids is 1. The van der Waals surface area contributed by atoms with Crippen molar-refractivity contribution in [3.05, 3.63) is 42.1 Å². The summed E-state index contributed by atoms with van der Waals surface area (Å²) < 4.78 is 5.46. The third kappa shape index (κ3) is 2.89. The number of rotatable bonds is 3. The van der Waals surface area contributed by atoms with Gasteiger partial charge < -0.3 is 9.84 Å². The summed E-state index contributed by atoms with van der Waals surface area (Å²) in [4.78, 5) is 17.7. The topological polar surface area (TPSA) is 62.7 Å². The van der Waals surface area contributed by atoms with Crippen molar-refractivity contribution in [2.24, 2.45) is 0 Å². The van der Waals surface area contributed by atoms with Gasteiger partial charge in [-0.25, -0.2) is 0 Å². The fourth-order valence-corrected chi connectivity index (χ4v) is 2.88. The molecule has 1 aromatic heterocycles. The molecule has 1 N–H and O–H groups in total. The Kier molecular flexibility index (Phi) is 3.86. The Morgan fingerprint density at radius 2 is 2.33 bits per heavy atom. The quantitative estimate of drug-likeness (QED) is 0.934. The number of fused-ring (bicyclic) bond motifs is 1. The van der Waals surface area contributed by atoms with E-state index in [-0.39, 0.29) is 6.10 Å². The molecular formula is C16H18N2O3. The molecule has 2 aromatic rings. The predicted molar refractivity (Wildman–Crippen MR) is 79.0 cm³/mol. The summed E-state index contributed by atoms with van der Waals surface area (Å²) in [6.07, 6.45) is 1.48. The molecule has 5 nitrogen and oxygen atoms in total. The molecular weight excluding hydrogens is 268 g/mol. The van der Waals surface area contributed by atoms with E-state index >= 15 is 0 Å². The van der Waals surface area contributed by atoms with Crippen LogP contribution in [0.3, 0.4) is 0 Å². The molecule has 0 unspecified atom stereocenters. The maximum absolute atomic E-state index is 11.4. The molecule has 0 spiro atoms. The van der Waals surface area contributed by atoms with Gasteiger partial charge in [-0.1, -0.05) is 12.1 Å². The van der Waals surface area contributed by atoms with E-state index in [1.54, 1.807) is 6.20 Å². The molecule has 0 radical (unpaired) electrons. The number of nitrogens with zero attached hydrogens (tertiary/aromatic N) is 2. The molecule has 0 aliphatic carbocycles. The van der Waals surface area contributed by atoms with Gasteiger partial charge in [0.05, 0.1) is 18.2 Å². The van der Waals surface area contributed by atoms with E-state index in [0.29, 0.717) is 19.7 Å². The third-order valence-corrected chi connectivity index (χ3v) is 3.90. The van der Waals surface area contributed by atoms with E-state index in [4.69, 9.17) is 4.74 Å². The largest absolute Gasteiger partial charge is 0.480 e. The van der Waals surface area contributed by atoms with Crippen molar-refractivity contribution >= 4 is 16.9 Å². The molecule has 110 valence electrons. The van der Waals surface area contributed by atoms with Crippen molar-refractivity contribution in [1.29, 1.82) is 0 Å². The Morgan fingerprint density at radius 1 is 1.48 bits per heavy atom. The van der Waals surface area contributed by atoms with Crippen LogP contribution in [0, 0.1) is 0 Å². The van der Waals surface area contributed by atoms with Crippen LogP contribution in [0.15, 0.2) is 36.5 Å². The normalized spacial score (nSPS) is 23.3. The number of carbonyl (C=O) groups is 1. The molecule has 2 heterocycles. The van der Waals surface area contributed by atoms with Crippen molar-refractivity contribution in [3.8, 4) is 0 Å². The van der Waals surface area contributed by atoms with E-state index in [2.05, 4.69) is 11.1 Å². The highest BCUT2D eigenvalue weighted by molar-refractivity contribution is 5.79. The number of hydrogen-bond donors (Lipinski definition) is 1. The minimum atomic E-state index is -0.829. The highest BCUT2D eigenvalue weighted by atomic mass is 16.5. The van der Waals surface area contributed by atoms with Crippen molar-refractivity contribution < 1.29 is 14.6 Å². The molecule has 2 atom stereocenters. The predicted octanol–water partition coefficient (Wildman–Crippen LogP) is 1.91. The number of pyridine rings is 1. The second kappa shape index (κ2) is 5.79. The summed E-state index contributed by atoms with van der Waals surface area (Å²) in [6.45, 7) is 3.62. The van der Waals surface area contributed by atoms with Gasteiger partial charge in [0.2, 0.25) is 0 Å². The van der Waals surface area contributed by atoms with E-state index in [1.165, 1.54) is 0 Å². The van der Waals surface area contributed by atoms with E-state index < -0.39 is 12.0 Å². The number of hydrogen-bond acceptors (Lipinski definition) is 4. The monoisotopic (exact) mass is 286 g/mol. The summed E-state index contributed by atoms with van der Waals surface area (Å²) in [6, 6.07) is 9.38. The second-order valence-corrected chi connectivity index (χ2v) is 5.36. The summed E-state index contributed by atoms with van der Waals surface area (Å²) in [5.74, 6) is -0.829. The molecule has 21 heavy (non-hydrogen) atoms. The highest BCUT2D eigenvalue weighted by Crippen LogP contribution is 2.20. The maximum Gasteiger partial charge on any atom is 0.323 e. The summed E-state index contributed by atoms with van der Waals surface area (Å²) >= 11 is 0. The first kappa shape index (κ1) is 14.0. The molecule has 0 amide bonds. The van der Waals surface area contributed by atoms with Crippen LogP contribution in [0.4, 0.5) is 0 Å². The average Bonchev–Trinajstić information content (AvgIpc) is 2.47. The molecule has 1 aliphatic rings. The SMILES string of the molecule is C[C@H]1OCCN(Cc2ccc3ncccc3c2)[C@@H]1C(=O)O. The number of benzene rings is 1. The lowest BCUT2D eigenvalue weighted by molar-refractivity contribution is -0.156. The van der Waals surface area contributed by atoms with Gasteiger partial charge in [-0.05, 0) is 30.7 Å². The lowest BCUT2D eigenvalue weighted by Gasteiger charge is -2.37. The zero-order chi connectivity index (χ0) is 14.8. The lowest BCUT2D eigenvalue weighted by Crippen LogP contribution is -2.53. The first-order valence-electron chi connectivity index (χ1n) is 7.07. The van der Waals surface area contributed by atoms with E-state index in [0.717, 1.165) is 16.5 Å². The summed E-state index contributed by atoms with van der Waals surface area (Å²) in [5, 5.41) is 10.5. The number of ether oxygens (including phenoxy) is 1. The van der Waals surface area contributed by atoms with Crippen LogP contribution in [-0.2, 0) is 16.1 Å². The fourth-order valence-electron chi connectivity index (χ4n) is 2.88. The molecule has 5 heteroatoms. The Morgan fingerprint density at radius 3 is 3.14 bits per heavy atom. The standard InChI is InChI=1S/C16H18N2O3/c1-11-15(16(19)20)18(7-8-21-11)10-12-4-5-14-13(9-12)3-2-6-17-14/h2-6,9,11,15H,7-8,10H2,1H3,(H,19,20)/t11-,15+/m1/s1. The molecule has 1 fully saturated rings. The molecule has 1 aliphatic heterocycles. The van der Waals surface area contributed by atoms with Crippen molar-refractivity contribution in [3.63, 3.8) is 0 Å². The van der Waals surface area contributed by atoms with Crippen LogP contribution in [0.25, 0.3) is 10.9 Å². The zero-order valence-electron chi connectivity index (χ0n) is 11.9. The van der Waals surface area contributed by atoms with Crippen LogP contribution in [0.1, 0.15) is 12.5 Å².